The molecule has 0 radical (unpaired) electrons. The van der Waals surface area contributed by atoms with Crippen LogP contribution < -0.4 is 10.2 Å². The number of hydrogen-bond donors (Lipinski definition) is 1. The van der Waals surface area contributed by atoms with Crippen LogP contribution in [0, 0.1) is 24.0 Å². The molecule has 1 amide bonds. The lowest BCUT2D eigenvalue weighted by Crippen LogP contribution is -2.24. The third-order valence-electron chi connectivity index (χ3n) is 2.89. The molecule has 24 heavy (non-hydrogen) atoms. The average molecular weight is 396 g/mol. The molecular formula is C15H14BrN3O5. The van der Waals surface area contributed by atoms with E-state index in [0.717, 1.165) is 21.8 Å². The summed E-state index contributed by atoms with van der Waals surface area (Å²) in [5, 5.41) is 14.1. The van der Waals surface area contributed by atoms with Gasteiger partial charge in [0.2, 0.25) is 0 Å². The zero-order chi connectivity index (χ0) is 17.7. The summed E-state index contributed by atoms with van der Waals surface area (Å²) in [5.74, 6) is -0.133. The second kappa shape index (κ2) is 7.73. The molecule has 9 heteroatoms. The summed E-state index contributed by atoms with van der Waals surface area (Å²) in [6.07, 6.45) is 1.16. The van der Waals surface area contributed by atoms with Crippen molar-refractivity contribution in [1.82, 2.24) is 5.43 Å². The molecule has 0 spiro atoms. The molecule has 0 bridgehead atoms. The lowest BCUT2D eigenvalue weighted by Gasteiger charge is -2.11. The van der Waals surface area contributed by atoms with Gasteiger partial charge >= 0.3 is 5.88 Å². The highest BCUT2D eigenvalue weighted by molar-refractivity contribution is 9.10. The third-order valence-corrected chi connectivity index (χ3v) is 3.48. The molecule has 0 aliphatic heterocycles. The van der Waals surface area contributed by atoms with E-state index in [9.17, 15) is 14.9 Å². The highest BCUT2D eigenvalue weighted by Gasteiger charge is 2.11. The van der Waals surface area contributed by atoms with Gasteiger partial charge in [-0.3, -0.25) is 14.9 Å². The molecule has 0 atom stereocenters. The Morgan fingerprint density at radius 2 is 2.21 bits per heavy atom. The molecule has 0 saturated carbocycles. The van der Waals surface area contributed by atoms with Gasteiger partial charge in [-0.15, -0.1) is 0 Å². The van der Waals surface area contributed by atoms with Crippen molar-refractivity contribution >= 4 is 33.9 Å². The Kier molecular flexibility index (Phi) is 5.69. The molecule has 0 aliphatic carbocycles. The van der Waals surface area contributed by atoms with E-state index < -0.39 is 16.7 Å². The molecule has 8 nitrogen and oxygen atoms in total. The minimum atomic E-state index is -0.661. The molecular weight excluding hydrogens is 382 g/mol. The largest absolute Gasteiger partial charge is 0.482 e. The van der Waals surface area contributed by atoms with E-state index in [-0.39, 0.29) is 12.4 Å². The van der Waals surface area contributed by atoms with Crippen LogP contribution in [-0.2, 0) is 4.79 Å². The summed E-state index contributed by atoms with van der Waals surface area (Å²) in [6, 6.07) is 6.41. The molecule has 1 aromatic heterocycles. The van der Waals surface area contributed by atoms with Crippen LogP contribution in [0.1, 0.15) is 16.9 Å². The second-order valence-corrected chi connectivity index (χ2v) is 5.76. The normalized spacial score (nSPS) is 10.8. The maximum atomic E-state index is 11.7. The Morgan fingerprint density at radius 1 is 1.46 bits per heavy atom. The number of carbonyl (C=O) groups is 1. The standard InChI is InChI=1S/C15H14BrN3O5/c1-9-5-10(2)15(12(16)6-9)23-8-13(20)18-17-7-11-3-4-14(24-11)19(21)22/h3-7H,8H2,1-2H3,(H,18,20)/b17-7+. The molecule has 126 valence electrons. The number of ether oxygens (including phenoxy) is 1. The summed E-state index contributed by atoms with van der Waals surface area (Å²) in [4.78, 5) is 21.5. The van der Waals surface area contributed by atoms with Crippen LogP contribution in [0.15, 0.2) is 38.3 Å². The van der Waals surface area contributed by atoms with E-state index in [1.165, 1.54) is 12.1 Å². The zero-order valence-electron chi connectivity index (χ0n) is 12.9. The fraction of sp³-hybridized carbons (Fsp3) is 0.200. The predicted octanol–water partition coefficient (Wildman–Crippen LogP) is 3.10. The van der Waals surface area contributed by atoms with Crippen molar-refractivity contribution in [2.45, 2.75) is 13.8 Å². The minimum absolute atomic E-state index is 0.153. The van der Waals surface area contributed by atoms with Gasteiger partial charge in [-0.25, -0.2) is 5.43 Å². The zero-order valence-corrected chi connectivity index (χ0v) is 14.5. The van der Waals surface area contributed by atoms with E-state index in [4.69, 9.17) is 9.15 Å². The molecule has 1 heterocycles. The van der Waals surface area contributed by atoms with Gasteiger partial charge in [-0.05, 0) is 53.0 Å². The van der Waals surface area contributed by atoms with E-state index in [1.807, 2.05) is 26.0 Å². The van der Waals surface area contributed by atoms with E-state index >= 15 is 0 Å². The molecule has 1 aromatic carbocycles. The first-order valence-corrected chi connectivity index (χ1v) is 7.62. The predicted molar refractivity (Wildman–Crippen MR) is 90.2 cm³/mol. The van der Waals surface area contributed by atoms with Gasteiger partial charge in [-0.2, -0.15) is 5.10 Å². The highest BCUT2D eigenvalue weighted by Crippen LogP contribution is 2.30. The Labute approximate surface area is 145 Å². The van der Waals surface area contributed by atoms with Crippen LogP contribution in [0.2, 0.25) is 0 Å². The fourth-order valence-electron chi connectivity index (χ4n) is 1.93. The van der Waals surface area contributed by atoms with Crippen molar-refractivity contribution in [3.63, 3.8) is 0 Å². The Balaban J connectivity index is 1.87. The Hall–Kier alpha value is -2.68. The number of aryl methyl sites for hydroxylation is 2. The van der Waals surface area contributed by atoms with Crippen molar-refractivity contribution in [3.8, 4) is 5.75 Å². The van der Waals surface area contributed by atoms with Crippen molar-refractivity contribution in [3.05, 3.63) is 55.7 Å². The van der Waals surface area contributed by atoms with Gasteiger partial charge in [0.15, 0.2) is 12.4 Å². The van der Waals surface area contributed by atoms with E-state index in [2.05, 4.69) is 26.5 Å². The monoisotopic (exact) mass is 395 g/mol. The first-order chi connectivity index (χ1) is 11.4. The highest BCUT2D eigenvalue weighted by atomic mass is 79.9. The quantitative estimate of drug-likeness (QED) is 0.459. The smallest absolute Gasteiger partial charge is 0.433 e. The number of furan rings is 1. The molecule has 0 saturated heterocycles. The fourth-order valence-corrected chi connectivity index (χ4v) is 2.72. The van der Waals surface area contributed by atoms with Crippen LogP contribution in [-0.4, -0.2) is 23.7 Å². The molecule has 1 N–H and O–H groups in total. The number of benzene rings is 1. The number of nitrogens with zero attached hydrogens (tertiary/aromatic N) is 2. The van der Waals surface area contributed by atoms with Crippen LogP contribution in [0.4, 0.5) is 5.88 Å². The van der Waals surface area contributed by atoms with E-state index in [0.29, 0.717) is 5.75 Å². The van der Waals surface area contributed by atoms with Gasteiger partial charge in [0, 0.05) is 0 Å². The topological polar surface area (TPSA) is 107 Å². The van der Waals surface area contributed by atoms with Crippen LogP contribution in [0.3, 0.4) is 0 Å². The SMILES string of the molecule is Cc1cc(C)c(OCC(=O)N/N=C/c2ccc([N+](=O)[O-])o2)c(Br)c1. The molecule has 0 unspecified atom stereocenters. The van der Waals surface area contributed by atoms with Gasteiger partial charge in [0.25, 0.3) is 5.91 Å². The summed E-state index contributed by atoms with van der Waals surface area (Å²) >= 11 is 3.39. The second-order valence-electron chi connectivity index (χ2n) is 4.91. The van der Waals surface area contributed by atoms with Crippen molar-refractivity contribution in [2.75, 3.05) is 6.61 Å². The molecule has 0 fully saturated rings. The number of hydrogen-bond acceptors (Lipinski definition) is 6. The van der Waals surface area contributed by atoms with Crippen molar-refractivity contribution in [2.24, 2.45) is 5.10 Å². The third kappa shape index (κ3) is 4.66. The maximum absolute atomic E-state index is 11.7. The average Bonchev–Trinajstić information content (AvgIpc) is 2.95. The summed E-state index contributed by atoms with van der Waals surface area (Å²) < 4.78 is 11.1. The molecule has 0 aliphatic rings. The first kappa shape index (κ1) is 17.7. The number of carbonyl (C=O) groups excluding carboxylic acids is 1. The lowest BCUT2D eigenvalue weighted by molar-refractivity contribution is -0.402. The van der Waals surface area contributed by atoms with Crippen molar-refractivity contribution < 1.29 is 18.9 Å². The number of rotatable bonds is 6. The van der Waals surface area contributed by atoms with Crippen LogP contribution in [0.5, 0.6) is 5.75 Å². The number of amides is 1. The molecule has 2 rings (SSSR count). The summed E-state index contributed by atoms with van der Waals surface area (Å²) in [7, 11) is 0. The summed E-state index contributed by atoms with van der Waals surface area (Å²) in [5.41, 5.74) is 4.23. The lowest BCUT2D eigenvalue weighted by atomic mass is 10.1. The van der Waals surface area contributed by atoms with Gasteiger partial charge < -0.3 is 9.15 Å². The minimum Gasteiger partial charge on any atom is -0.482 e. The number of hydrazone groups is 1. The van der Waals surface area contributed by atoms with E-state index in [1.54, 1.807) is 0 Å². The van der Waals surface area contributed by atoms with Gasteiger partial charge in [0.1, 0.15) is 10.7 Å². The summed E-state index contributed by atoms with van der Waals surface area (Å²) in [6.45, 7) is 3.62. The maximum Gasteiger partial charge on any atom is 0.433 e. The van der Waals surface area contributed by atoms with Gasteiger partial charge in [-0.1, -0.05) is 6.07 Å². The number of nitro groups is 1. The Morgan fingerprint density at radius 3 is 2.83 bits per heavy atom. The van der Waals surface area contributed by atoms with Gasteiger partial charge in [0.05, 0.1) is 16.8 Å². The number of nitrogens with one attached hydrogen (secondary N) is 1. The molecule has 2 aromatic rings. The van der Waals surface area contributed by atoms with Crippen LogP contribution in [0.25, 0.3) is 0 Å². The van der Waals surface area contributed by atoms with Crippen molar-refractivity contribution in [1.29, 1.82) is 0 Å². The Bertz CT molecular complexity index is 777. The first-order valence-electron chi connectivity index (χ1n) is 6.82. The van der Waals surface area contributed by atoms with Crippen LogP contribution >= 0.6 is 15.9 Å². The number of halogens is 1.